The zero-order valence-electron chi connectivity index (χ0n) is 11.8. The number of hydrogen-bond donors (Lipinski definition) is 1. The molecule has 0 spiro atoms. The molecule has 1 aromatic carbocycles. The second-order valence-electron chi connectivity index (χ2n) is 5.58. The van der Waals surface area contributed by atoms with Gasteiger partial charge in [0.05, 0.1) is 0 Å². The highest BCUT2D eigenvalue weighted by Gasteiger charge is 2.40. The lowest BCUT2D eigenvalue weighted by Gasteiger charge is -2.29. The quantitative estimate of drug-likeness (QED) is 0.884. The van der Waals surface area contributed by atoms with Crippen molar-refractivity contribution in [2.24, 2.45) is 5.41 Å². The topological polar surface area (TPSA) is 40.5 Å². The Labute approximate surface area is 115 Å². The molecule has 0 bridgehead atoms. The van der Waals surface area contributed by atoms with Gasteiger partial charge in [0.25, 0.3) is 0 Å². The summed E-state index contributed by atoms with van der Waals surface area (Å²) < 4.78 is 0. The summed E-state index contributed by atoms with van der Waals surface area (Å²) in [4.78, 5) is 13.8. The van der Waals surface area contributed by atoms with Crippen LogP contribution in [0.2, 0.25) is 0 Å². The molecule has 104 valence electrons. The molecule has 2 rings (SSSR count). The third-order valence-electron chi connectivity index (χ3n) is 4.68. The van der Waals surface area contributed by atoms with Gasteiger partial charge in [-0.05, 0) is 36.8 Å². The maximum atomic E-state index is 11.6. The highest BCUT2D eigenvalue weighted by Crippen LogP contribution is 2.40. The van der Waals surface area contributed by atoms with Crippen molar-refractivity contribution in [3.8, 4) is 0 Å². The summed E-state index contributed by atoms with van der Waals surface area (Å²) in [6.45, 7) is 6.20. The molecular formula is C16H23NO2. The van der Waals surface area contributed by atoms with Crippen LogP contribution in [0.15, 0.2) is 30.3 Å². The van der Waals surface area contributed by atoms with E-state index >= 15 is 0 Å². The largest absolute Gasteiger partial charge is 0.480 e. The number of carbonyl (C=O) groups is 1. The van der Waals surface area contributed by atoms with E-state index in [1.54, 1.807) is 0 Å². The second kappa shape index (κ2) is 5.74. The molecule has 1 atom stereocenters. The fourth-order valence-electron chi connectivity index (χ4n) is 3.16. The minimum absolute atomic E-state index is 0.308. The van der Waals surface area contributed by atoms with Gasteiger partial charge in [0, 0.05) is 6.54 Å². The molecule has 1 aliphatic rings. The third-order valence-corrected chi connectivity index (χ3v) is 4.68. The summed E-state index contributed by atoms with van der Waals surface area (Å²) in [6, 6.07) is 9.08. The van der Waals surface area contributed by atoms with E-state index in [-0.39, 0.29) is 0 Å². The van der Waals surface area contributed by atoms with Crippen LogP contribution in [-0.4, -0.2) is 29.1 Å². The normalized spacial score (nSPS) is 20.3. The number of carboxylic acids is 1. The van der Waals surface area contributed by atoms with Crippen molar-refractivity contribution in [2.75, 3.05) is 13.1 Å². The lowest BCUT2D eigenvalue weighted by atomic mass is 9.82. The highest BCUT2D eigenvalue weighted by molar-refractivity contribution is 5.75. The van der Waals surface area contributed by atoms with Gasteiger partial charge in [0.15, 0.2) is 0 Å². The zero-order chi connectivity index (χ0) is 13.9. The Kier molecular flexibility index (Phi) is 4.25. The van der Waals surface area contributed by atoms with Gasteiger partial charge in [0.2, 0.25) is 0 Å². The van der Waals surface area contributed by atoms with Crippen molar-refractivity contribution in [1.82, 2.24) is 4.90 Å². The first kappa shape index (κ1) is 14.1. The monoisotopic (exact) mass is 261 g/mol. The Morgan fingerprint density at radius 1 is 1.32 bits per heavy atom. The van der Waals surface area contributed by atoms with Crippen LogP contribution in [0.4, 0.5) is 0 Å². The number of benzene rings is 1. The second-order valence-corrected chi connectivity index (χ2v) is 5.58. The van der Waals surface area contributed by atoms with Crippen molar-refractivity contribution in [1.29, 1.82) is 0 Å². The number of nitrogens with zero attached hydrogens (tertiary/aromatic N) is 1. The number of hydrogen-bond acceptors (Lipinski definition) is 2. The Morgan fingerprint density at radius 2 is 1.95 bits per heavy atom. The standard InChI is InChI=1S/C16H23NO2/c1-3-16(4-2)10-11-17(12-16)14(15(18)19)13-8-6-5-7-9-13/h5-9,14H,3-4,10-12H2,1-2H3,(H,18,19). The Balaban J connectivity index is 2.21. The van der Waals surface area contributed by atoms with Crippen LogP contribution < -0.4 is 0 Å². The predicted octanol–water partition coefficient (Wildman–Crippen LogP) is 3.32. The van der Waals surface area contributed by atoms with Crippen LogP contribution in [0, 0.1) is 5.41 Å². The van der Waals surface area contributed by atoms with Gasteiger partial charge in [-0.2, -0.15) is 0 Å². The van der Waals surface area contributed by atoms with Gasteiger partial charge in [-0.3, -0.25) is 9.69 Å². The van der Waals surface area contributed by atoms with Crippen molar-refractivity contribution in [3.05, 3.63) is 35.9 Å². The van der Waals surface area contributed by atoms with Gasteiger partial charge in [-0.25, -0.2) is 0 Å². The van der Waals surface area contributed by atoms with Gasteiger partial charge in [0.1, 0.15) is 6.04 Å². The van der Waals surface area contributed by atoms with E-state index in [9.17, 15) is 9.90 Å². The Morgan fingerprint density at radius 3 is 2.42 bits per heavy atom. The molecule has 0 amide bonds. The van der Waals surface area contributed by atoms with Gasteiger partial charge in [-0.15, -0.1) is 0 Å². The number of carboxylic acid groups (broad SMARTS) is 1. The van der Waals surface area contributed by atoms with Crippen LogP contribution in [0.3, 0.4) is 0 Å². The SMILES string of the molecule is CCC1(CC)CCN(C(C(=O)O)c2ccccc2)C1. The highest BCUT2D eigenvalue weighted by atomic mass is 16.4. The molecule has 0 aliphatic carbocycles. The Hall–Kier alpha value is -1.35. The van der Waals surface area contributed by atoms with E-state index < -0.39 is 12.0 Å². The zero-order valence-corrected chi connectivity index (χ0v) is 11.8. The molecule has 1 aliphatic heterocycles. The molecule has 1 saturated heterocycles. The molecule has 1 N–H and O–H groups in total. The summed E-state index contributed by atoms with van der Waals surface area (Å²) in [5.74, 6) is -0.741. The lowest BCUT2D eigenvalue weighted by Crippen LogP contribution is -2.34. The summed E-state index contributed by atoms with van der Waals surface area (Å²) in [5.41, 5.74) is 1.20. The number of aliphatic carboxylic acids is 1. The third kappa shape index (κ3) is 2.81. The van der Waals surface area contributed by atoms with Crippen molar-refractivity contribution >= 4 is 5.97 Å². The van der Waals surface area contributed by atoms with Crippen LogP contribution in [0.1, 0.15) is 44.7 Å². The van der Waals surface area contributed by atoms with E-state index in [4.69, 9.17) is 0 Å². The van der Waals surface area contributed by atoms with E-state index in [2.05, 4.69) is 18.7 Å². The molecule has 0 aromatic heterocycles. The average molecular weight is 261 g/mol. The predicted molar refractivity (Wildman–Crippen MR) is 76.0 cm³/mol. The summed E-state index contributed by atoms with van der Waals surface area (Å²) >= 11 is 0. The van der Waals surface area contributed by atoms with Crippen LogP contribution in [0.5, 0.6) is 0 Å². The van der Waals surface area contributed by atoms with Gasteiger partial charge >= 0.3 is 5.97 Å². The first-order chi connectivity index (χ1) is 9.12. The molecule has 1 unspecified atom stereocenters. The molecule has 1 aromatic rings. The van der Waals surface area contributed by atoms with Crippen LogP contribution in [-0.2, 0) is 4.79 Å². The molecule has 19 heavy (non-hydrogen) atoms. The maximum Gasteiger partial charge on any atom is 0.325 e. The van der Waals surface area contributed by atoms with E-state index in [0.717, 1.165) is 37.9 Å². The minimum Gasteiger partial charge on any atom is -0.480 e. The minimum atomic E-state index is -0.741. The van der Waals surface area contributed by atoms with Gasteiger partial charge in [-0.1, -0.05) is 44.2 Å². The fraction of sp³-hybridized carbons (Fsp3) is 0.562. The van der Waals surface area contributed by atoms with Crippen LogP contribution in [0.25, 0.3) is 0 Å². The molecule has 3 heteroatoms. The van der Waals surface area contributed by atoms with Crippen molar-refractivity contribution in [3.63, 3.8) is 0 Å². The smallest absolute Gasteiger partial charge is 0.325 e. The number of rotatable bonds is 5. The first-order valence-corrected chi connectivity index (χ1v) is 7.13. The molecular weight excluding hydrogens is 238 g/mol. The lowest BCUT2D eigenvalue weighted by molar-refractivity contribution is -0.143. The van der Waals surface area contributed by atoms with E-state index in [0.29, 0.717) is 5.41 Å². The number of likely N-dealkylation sites (tertiary alicyclic amines) is 1. The summed E-state index contributed by atoms with van der Waals surface area (Å²) in [5, 5.41) is 9.56. The van der Waals surface area contributed by atoms with E-state index in [1.165, 1.54) is 0 Å². The molecule has 0 saturated carbocycles. The van der Waals surface area contributed by atoms with Crippen LogP contribution >= 0.6 is 0 Å². The molecule has 3 nitrogen and oxygen atoms in total. The fourth-order valence-corrected chi connectivity index (χ4v) is 3.16. The van der Waals surface area contributed by atoms with Crippen molar-refractivity contribution in [2.45, 2.75) is 39.2 Å². The maximum absolute atomic E-state index is 11.6. The summed E-state index contributed by atoms with van der Waals surface area (Å²) in [7, 11) is 0. The van der Waals surface area contributed by atoms with E-state index in [1.807, 2.05) is 30.3 Å². The summed E-state index contributed by atoms with van der Waals surface area (Å²) in [6.07, 6.45) is 3.36. The Bertz CT molecular complexity index is 426. The molecule has 0 radical (unpaired) electrons. The van der Waals surface area contributed by atoms with Crippen molar-refractivity contribution < 1.29 is 9.90 Å². The van der Waals surface area contributed by atoms with Gasteiger partial charge < -0.3 is 5.11 Å². The molecule has 1 heterocycles. The first-order valence-electron chi connectivity index (χ1n) is 7.13. The average Bonchev–Trinajstić information content (AvgIpc) is 2.85. The molecule has 1 fully saturated rings.